The maximum Gasteiger partial charge on any atom is 0.421 e. The number of nitrogens with one attached hydrogen (secondary N) is 2. The van der Waals surface area contributed by atoms with Crippen LogP contribution in [0.25, 0.3) is 0 Å². The molecule has 0 aromatic carbocycles. The second kappa shape index (κ2) is 6.53. The minimum atomic E-state index is -4.90. The highest BCUT2D eigenvalue weighted by Crippen LogP contribution is 2.27. The van der Waals surface area contributed by atoms with Gasteiger partial charge in [0, 0.05) is 17.8 Å². The number of aromatic nitrogens is 1. The highest BCUT2D eigenvalue weighted by Gasteiger charge is 2.37. The van der Waals surface area contributed by atoms with E-state index >= 15 is 0 Å². The molecule has 2 rings (SSSR count). The number of hydrogen-bond acceptors (Lipinski definition) is 5. The Morgan fingerprint density at radius 3 is 2.52 bits per heavy atom. The van der Waals surface area contributed by atoms with Gasteiger partial charge < -0.3 is 9.72 Å². The highest BCUT2D eigenvalue weighted by molar-refractivity contribution is 6.12. The van der Waals surface area contributed by atoms with Crippen LogP contribution in [0.15, 0.2) is 17.1 Å². The molecule has 1 aromatic rings. The normalized spacial score (nSPS) is 16.5. The van der Waals surface area contributed by atoms with Crippen molar-refractivity contribution in [2.75, 3.05) is 7.11 Å². The third kappa shape index (κ3) is 3.79. The molecule has 23 heavy (non-hydrogen) atoms. The van der Waals surface area contributed by atoms with Gasteiger partial charge in [0.25, 0.3) is 5.56 Å². The fourth-order valence-corrected chi connectivity index (χ4v) is 2.18. The van der Waals surface area contributed by atoms with Crippen LogP contribution < -0.4 is 10.9 Å². The highest BCUT2D eigenvalue weighted by atomic mass is 19.4. The first kappa shape index (κ1) is 17.2. The lowest BCUT2D eigenvalue weighted by Gasteiger charge is -2.29. The van der Waals surface area contributed by atoms with Gasteiger partial charge in [-0.25, -0.2) is 4.79 Å². The van der Waals surface area contributed by atoms with Gasteiger partial charge in [-0.05, 0) is 18.9 Å². The van der Waals surface area contributed by atoms with Crippen LogP contribution in [0.5, 0.6) is 0 Å². The van der Waals surface area contributed by atoms with Crippen LogP contribution in [0.4, 0.5) is 13.2 Å². The Morgan fingerprint density at radius 1 is 1.39 bits per heavy atom. The Bertz CT molecular complexity index is 665. The molecule has 0 aliphatic heterocycles. The van der Waals surface area contributed by atoms with E-state index in [-0.39, 0.29) is 6.04 Å². The number of ether oxygens (including phenoxy) is 1. The number of alkyl halides is 3. The molecule has 2 N–H and O–H groups in total. The van der Waals surface area contributed by atoms with E-state index in [9.17, 15) is 27.6 Å². The van der Waals surface area contributed by atoms with E-state index in [2.05, 4.69) is 10.1 Å². The van der Waals surface area contributed by atoms with Crippen molar-refractivity contribution in [2.45, 2.75) is 37.5 Å². The van der Waals surface area contributed by atoms with Crippen molar-refractivity contribution in [1.82, 2.24) is 10.3 Å². The quantitative estimate of drug-likeness (QED) is 0.481. The number of halogens is 3. The van der Waals surface area contributed by atoms with E-state index in [1.807, 2.05) is 4.98 Å². The number of carbonyl (C=O) groups is 2. The average Bonchev–Trinajstić information content (AvgIpc) is 2.44. The SMILES string of the molecule is COC(=O)C(NC1CCC1)C(=O)c1c[nH]c(=O)c(C(F)(F)F)c1. The third-order valence-corrected chi connectivity index (χ3v) is 3.70. The standard InChI is InChI=1S/C14H15F3N2O4/c1-23-13(22)10(19-8-3-2-4-8)11(20)7-5-9(14(15,16)17)12(21)18-6-7/h5-6,8,10,19H,2-4H2,1H3,(H,18,21). The molecular formula is C14H15F3N2O4. The van der Waals surface area contributed by atoms with E-state index in [1.54, 1.807) is 0 Å². The molecular weight excluding hydrogens is 317 g/mol. The Kier molecular flexibility index (Phi) is 4.88. The van der Waals surface area contributed by atoms with E-state index in [0.29, 0.717) is 6.07 Å². The molecule has 1 unspecified atom stereocenters. The van der Waals surface area contributed by atoms with Crippen LogP contribution >= 0.6 is 0 Å². The number of aromatic amines is 1. The Morgan fingerprint density at radius 2 is 2.04 bits per heavy atom. The van der Waals surface area contributed by atoms with Gasteiger partial charge in [0.2, 0.25) is 0 Å². The maximum absolute atomic E-state index is 12.8. The fourth-order valence-electron chi connectivity index (χ4n) is 2.18. The van der Waals surface area contributed by atoms with Crippen molar-refractivity contribution in [3.63, 3.8) is 0 Å². The molecule has 0 bridgehead atoms. The molecule has 0 saturated heterocycles. The molecule has 1 aromatic heterocycles. The third-order valence-electron chi connectivity index (χ3n) is 3.70. The lowest BCUT2D eigenvalue weighted by molar-refractivity contribution is -0.142. The number of hydrogen-bond donors (Lipinski definition) is 2. The molecule has 6 nitrogen and oxygen atoms in total. The number of methoxy groups -OCH3 is 1. The monoisotopic (exact) mass is 332 g/mol. The second-order valence-electron chi connectivity index (χ2n) is 5.24. The molecule has 0 amide bonds. The lowest BCUT2D eigenvalue weighted by Crippen LogP contribution is -2.51. The molecule has 1 aliphatic rings. The number of ketones is 1. The summed E-state index contributed by atoms with van der Waals surface area (Å²) in [6, 6.07) is -1.02. The summed E-state index contributed by atoms with van der Waals surface area (Å²) in [5, 5.41) is 2.78. The van der Waals surface area contributed by atoms with Crippen molar-refractivity contribution in [3.8, 4) is 0 Å². The molecule has 1 heterocycles. The van der Waals surface area contributed by atoms with Gasteiger partial charge >= 0.3 is 12.1 Å². The molecule has 126 valence electrons. The first-order valence-electron chi connectivity index (χ1n) is 6.92. The second-order valence-corrected chi connectivity index (χ2v) is 5.24. The van der Waals surface area contributed by atoms with E-state index in [1.165, 1.54) is 0 Å². The lowest BCUT2D eigenvalue weighted by atomic mass is 9.91. The Balaban J connectivity index is 2.32. The fraction of sp³-hybridized carbons (Fsp3) is 0.500. The minimum absolute atomic E-state index is 0.0621. The predicted molar refractivity (Wildman–Crippen MR) is 73.0 cm³/mol. The van der Waals surface area contributed by atoms with Crippen molar-refractivity contribution in [3.05, 3.63) is 33.7 Å². The number of H-pyrrole nitrogens is 1. The zero-order chi connectivity index (χ0) is 17.2. The molecule has 1 fully saturated rings. The van der Waals surface area contributed by atoms with Crippen molar-refractivity contribution >= 4 is 11.8 Å². The van der Waals surface area contributed by atoms with Gasteiger partial charge in [0.15, 0.2) is 11.8 Å². The maximum atomic E-state index is 12.8. The summed E-state index contributed by atoms with van der Waals surface area (Å²) < 4.78 is 42.8. The zero-order valence-corrected chi connectivity index (χ0v) is 12.2. The number of Topliss-reactive ketones (excluding diaryl/α,β-unsaturated/α-hetero) is 1. The van der Waals surface area contributed by atoms with Crippen LogP contribution in [-0.2, 0) is 15.7 Å². The van der Waals surface area contributed by atoms with E-state index in [4.69, 9.17) is 0 Å². The zero-order valence-electron chi connectivity index (χ0n) is 12.2. The van der Waals surface area contributed by atoms with Gasteiger partial charge in [-0.2, -0.15) is 13.2 Å². The largest absolute Gasteiger partial charge is 0.468 e. The number of pyridine rings is 1. The van der Waals surface area contributed by atoms with Crippen LogP contribution in [0.2, 0.25) is 0 Å². The Labute approximate surface area is 129 Å². The molecule has 1 aliphatic carbocycles. The molecule has 0 spiro atoms. The van der Waals surface area contributed by atoms with Crippen molar-refractivity contribution in [1.29, 1.82) is 0 Å². The van der Waals surface area contributed by atoms with Crippen molar-refractivity contribution < 1.29 is 27.5 Å². The summed E-state index contributed by atoms with van der Waals surface area (Å²) in [7, 11) is 1.08. The summed E-state index contributed by atoms with van der Waals surface area (Å²) in [5.74, 6) is -1.77. The number of rotatable bonds is 5. The van der Waals surface area contributed by atoms with Gasteiger partial charge in [0.05, 0.1) is 7.11 Å². The summed E-state index contributed by atoms with van der Waals surface area (Å²) in [6.07, 6.45) is -1.57. The molecule has 9 heteroatoms. The number of esters is 1. The predicted octanol–water partition coefficient (Wildman–Crippen LogP) is 1.26. The van der Waals surface area contributed by atoms with Crippen LogP contribution in [0, 0.1) is 0 Å². The summed E-state index contributed by atoms with van der Waals surface area (Å²) in [6.45, 7) is 0. The molecule has 1 saturated carbocycles. The van der Waals surface area contributed by atoms with Crippen molar-refractivity contribution in [2.24, 2.45) is 0 Å². The topological polar surface area (TPSA) is 88.3 Å². The molecule has 1 atom stereocenters. The van der Waals surface area contributed by atoms with Gasteiger partial charge in [0.1, 0.15) is 5.56 Å². The smallest absolute Gasteiger partial charge is 0.421 e. The van der Waals surface area contributed by atoms with Gasteiger partial charge in [-0.3, -0.25) is 14.9 Å². The van der Waals surface area contributed by atoms with E-state index < -0.39 is 40.7 Å². The van der Waals surface area contributed by atoms with Crippen LogP contribution in [0.3, 0.4) is 0 Å². The first-order valence-corrected chi connectivity index (χ1v) is 6.92. The van der Waals surface area contributed by atoms with Gasteiger partial charge in [-0.15, -0.1) is 0 Å². The molecule has 0 radical (unpaired) electrons. The Hall–Kier alpha value is -2.16. The first-order chi connectivity index (χ1) is 10.7. The average molecular weight is 332 g/mol. The van der Waals surface area contributed by atoms with E-state index in [0.717, 1.165) is 32.6 Å². The summed E-state index contributed by atoms with van der Waals surface area (Å²) in [4.78, 5) is 37.2. The number of carbonyl (C=O) groups excluding carboxylic acids is 2. The van der Waals surface area contributed by atoms with Gasteiger partial charge in [-0.1, -0.05) is 6.42 Å². The summed E-state index contributed by atoms with van der Waals surface area (Å²) >= 11 is 0. The minimum Gasteiger partial charge on any atom is -0.468 e. The van der Waals surface area contributed by atoms with Crippen LogP contribution in [-0.4, -0.2) is 35.9 Å². The summed E-state index contributed by atoms with van der Waals surface area (Å²) in [5.41, 5.74) is -3.26. The van der Waals surface area contributed by atoms with Crippen LogP contribution in [0.1, 0.15) is 35.2 Å².